The first-order valence-corrected chi connectivity index (χ1v) is 11.4. The highest BCUT2D eigenvalue weighted by atomic mass is 32.2. The largest absolute Gasteiger partial charge is 0.415 e. The third-order valence-electron chi connectivity index (χ3n) is 5.24. The maximum absolute atomic E-state index is 12.5. The minimum Gasteiger partial charge on any atom is -0.410 e. The Morgan fingerprint density at radius 1 is 1.07 bits per heavy atom. The number of ether oxygens (including phenoxy) is 1. The number of likely N-dealkylation sites (tertiary alicyclic amines) is 1. The minimum absolute atomic E-state index is 0.195. The lowest BCUT2D eigenvalue weighted by atomic mass is 9.97. The van der Waals surface area contributed by atoms with Crippen LogP contribution in [-0.2, 0) is 10.0 Å². The van der Waals surface area contributed by atoms with E-state index in [4.69, 9.17) is 4.74 Å². The fourth-order valence-electron chi connectivity index (χ4n) is 3.32. The quantitative estimate of drug-likeness (QED) is 0.772. The van der Waals surface area contributed by atoms with Crippen molar-refractivity contribution in [2.24, 2.45) is 5.92 Å². The topological polar surface area (TPSA) is 75.7 Å². The van der Waals surface area contributed by atoms with Crippen molar-refractivity contribution in [3.8, 4) is 5.75 Å². The fourth-order valence-corrected chi connectivity index (χ4v) is 4.43. The molecule has 6 nitrogen and oxygen atoms in total. The van der Waals surface area contributed by atoms with E-state index in [1.54, 1.807) is 29.2 Å². The molecule has 1 aliphatic heterocycles. The van der Waals surface area contributed by atoms with Crippen LogP contribution >= 0.6 is 0 Å². The lowest BCUT2D eigenvalue weighted by Gasteiger charge is -2.31. The second-order valence-electron chi connectivity index (χ2n) is 7.69. The summed E-state index contributed by atoms with van der Waals surface area (Å²) in [5.41, 5.74) is 1.11. The molecule has 2 aromatic rings. The van der Waals surface area contributed by atoms with Crippen molar-refractivity contribution in [1.82, 2.24) is 9.62 Å². The molecule has 29 heavy (non-hydrogen) atoms. The van der Waals surface area contributed by atoms with Gasteiger partial charge in [-0.1, -0.05) is 44.2 Å². The van der Waals surface area contributed by atoms with Crippen LogP contribution in [0.15, 0.2) is 59.5 Å². The van der Waals surface area contributed by atoms with Crippen molar-refractivity contribution in [3.63, 3.8) is 0 Å². The average molecular weight is 417 g/mol. The predicted octanol–water partition coefficient (Wildman–Crippen LogP) is 4.00. The number of carbonyl (C=O) groups is 1. The molecule has 1 heterocycles. The molecule has 0 spiro atoms. The Labute approximate surface area is 172 Å². The molecule has 1 saturated heterocycles. The number of hydrogen-bond donors (Lipinski definition) is 1. The van der Waals surface area contributed by atoms with Crippen LogP contribution in [0.25, 0.3) is 0 Å². The van der Waals surface area contributed by atoms with Gasteiger partial charge in [0, 0.05) is 19.6 Å². The molecule has 156 valence electrons. The first-order valence-electron chi connectivity index (χ1n) is 9.96. The van der Waals surface area contributed by atoms with Crippen molar-refractivity contribution < 1.29 is 17.9 Å². The van der Waals surface area contributed by atoms with Gasteiger partial charge >= 0.3 is 6.09 Å². The standard InChI is InChI=1S/C22H28N2O4S/c1-17(2)19-8-10-21(11-9-19)29(26,27)23-16-18-12-14-24(15-13-18)22(25)28-20-6-4-3-5-7-20/h3-11,17-18,23H,12-16H2,1-2H3. The average Bonchev–Trinajstić information content (AvgIpc) is 2.73. The van der Waals surface area contributed by atoms with E-state index >= 15 is 0 Å². The highest BCUT2D eigenvalue weighted by Gasteiger charge is 2.25. The second kappa shape index (κ2) is 9.41. The van der Waals surface area contributed by atoms with E-state index in [9.17, 15) is 13.2 Å². The van der Waals surface area contributed by atoms with Crippen molar-refractivity contribution in [1.29, 1.82) is 0 Å². The SMILES string of the molecule is CC(C)c1ccc(S(=O)(=O)NCC2CCN(C(=O)Oc3ccccc3)CC2)cc1. The van der Waals surface area contributed by atoms with Gasteiger partial charge in [0.1, 0.15) is 5.75 Å². The molecule has 0 saturated carbocycles. The summed E-state index contributed by atoms with van der Waals surface area (Å²) in [7, 11) is -3.53. The molecule has 0 radical (unpaired) electrons. The van der Waals surface area contributed by atoms with Crippen LogP contribution in [0.4, 0.5) is 4.79 Å². The number of para-hydroxylation sites is 1. The molecular formula is C22H28N2O4S. The van der Waals surface area contributed by atoms with Crippen LogP contribution in [0.5, 0.6) is 5.75 Å². The Morgan fingerprint density at radius 2 is 1.69 bits per heavy atom. The van der Waals surface area contributed by atoms with E-state index in [0.29, 0.717) is 31.3 Å². The number of carbonyl (C=O) groups excluding carboxylic acids is 1. The molecule has 0 unspecified atom stereocenters. The van der Waals surface area contributed by atoms with E-state index in [2.05, 4.69) is 18.6 Å². The molecule has 1 aliphatic rings. The molecule has 7 heteroatoms. The van der Waals surface area contributed by atoms with E-state index in [0.717, 1.165) is 18.4 Å². The number of sulfonamides is 1. The van der Waals surface area contributed by atoms with E-state index in [1.807, 2.05) is 30.3 Å². The number of hydrogen-bond acceptors (Lipinski definition) is 4. The van der Waals surface area contributed by atoms with Gasteiger partial charge in [-0.15, -0.1) is 0 Å². The number of rotatable bonds is 6. The van der Waals surface area contributed by atoms with Crippen LogP contribution in [-0.4, -0.2) is 39.0 Å². The number of piperidine rings is 1. The molecule has 0 bridgehead atoms. The van der Waals surface area contributed by atoms with Crippen molar-refractivity contribution >= 4 is 16.1 Å². The molecule has 1 amide bonds. The third kappa shape index (κ3) is 5.81. The van der Waals surface area contributed by atoms with Crippen LogP contribution in [0.2, 0.25) is 0 Å². The molecule has 3 rings (SSSR count). The van der Waals surface area contributed by atoms with Crippen LogP contribution in [0.1, 0.15) is 38.2 Å². The van der Waals surface area contributed by atoms with Crippen molar-refractivity contribution in [3.05, 3.63) is 60.2 Å². The fraction of sp³-hybridized carbons (Fsp3) is 0.409. The molecule has 0 aromatic heterocycles. The minimum atomic E-state index is -3.53. The molecule has 1 N–H and O–H groups in total. The highest BCUT2D eigenvalue weighted by Crippen LogP contribution is 2.20. The van der Waals surface area contributed by atoms with Gasteiger partial charge < -0.3 is 9.64 Å². The van der Waals surface area contributed by atoms with Crippen LogP contribution in [0.3, 0.4) is 0 Å². The summed E-state index contributed by atoms with van der Waals surface area (Å²) < 4.78 is 33.2. The van der Waals surface area contributed by atoms with E-state index in [-0.39, 0.29) is 16.9 Å². The summed E-state index contributed by atoms with van der Waals surface area (Å²) >= 11 is 0. The number of amides is 1. The highest BCUT2D eigenvalue weighted by molar-refractivity contribution is 7.89. The lowest BCUT2D eigenvalue weighted by molar-refractivity contribution is 0.131. The maximum Gasteiger partial charge on any atom is 0.415 e. The summed E-state index contributed by atoms with van der Waals surface area (Å²) in [6, 6.07) is 16.0. The van der Waals surface area contributed by atoms with Gasteiger partial charge in [0.05, 0.1) is 4.90 Å². The Hall–Kier alpha value is -2.38. The van der Waals surface area contributed by atoms with Gasteiger partial charge in [-0.25, -0.2) is 17.9 Å². The number of nitrogens with one attached hydrogen (secondary N) is 1. The van der Waals surface area contributed by atoms with Crippen molar-refractivity contribution in [2.45, 2.75) is 37.5 Å². The summed E-state index contributed by atoms with van der Waals surface area (Å²) in [5, 5.41) is 0. The lowest BCUT2D eigenvalue weighted by Crippen LogP contribution is -2.42. The zero-order valence-corrected chi connectivity index (χ0v) is 17.7. The smallest absolute Gasteiger partial charge is 0.410 e. The third-order valence-corrected chi connectivity index (χ3v) is 6.68. The van der Waals surface area contributed by atoms with Gasteiger partial charge in [0.2, 0.25) is 10.0 Å². The van der Waals surface area contributed by atoms with Crippen LogP contribution in [0, 0.1) is 5.92 Å². The number of benzene rings is 2. The Morgan fingerprint density at radius 3 is 2.28 bits per heavy atom. The van der Waals surface area contributed by atoms with Gasteiger partial charge in [-0.3, -0.25) is 0 Å². The molecule has 1 fully saturated rings. The predicted molar refractivity (Wildman–Crippen MR) is 112 cm³/mol. The second-order valence-corrected chi connectivity index (χ2v) is 9.45. The van der Waals surface area contributed by atoms with Crippen LogP contribution < -0.4 is 9.46 Å². The molecule has 0 aliphatic carbocycles. The molecule has 0 atom stereocenters. The Balaban J connectivity index is 1.47. The normalized spacial score (nSPS) is 15.5. The van der Waals surface area contributed by atoms with Crippen molar-refractivity contribution in [2.75, 3.05) is 19.6 Å². The summed E-state index contributed by atoms with van der Waals surface area (Å²) in [6.45, 7) is 5.63. The van der Waals surface area contributed by atoms with Gasteiger partial charge in [-0.05, 0) is 54.5 Å². The van der Waals surface area contributed by atoms with E-state index < -0.39 is 10.0 Å². The summed E-state index contributed by atoms with van der Waals surface area (Å²) in [4.78, 5) is 14.2. The monoisotopic (exact) mass is 416 g/mol. The number of nitrogens with zero attached hydrogens (tertiary/aromatic N) is 1. The Kier molecular flexibility index (Phi) is 6.92. The van der Waals surface area contributed by atoms with Gasteiger partial charge in [0.15, 0.2) is 0 Å². The van der Waals surface area contributed by atoms with Gasteiger partial charge in [-0.2, -0.15) is 0 Å². The summed E-state index contributed by atoms with van der Waals surface area (Å²) in [6.07, 6.45) is 1.11. The Bertz CT molecular complexity index is 904. The zero-order chi connectivity index (χ0) is 20.9. The first-order chi connectivity index (χ1) is 13.8. The maximum atomic E-state index is 12.5. The first kappa shape index (κ1) is 21.3. The molecular weight excluding hydrogens is 388 g/mol. The zero-order valence-electron chi connectivity index (χ0n) is 16.9. The molecule has 2 aromatic carbocycles. The summed E-state index contributed by atoms with van der Waals surface area (Å²) in [5.74, 6) is 1.08. The van der Waals surface area contributed by atoms with E-state index in [1.165, 1.54) is 0 Å². The van der Waals surface area contributed by atoms with Gasteiger partial charge in [0.25, 0.3) is 0 Å².